The molecule has 2 aromatic rings. The summed E-state index contributed by atoms with van der Waals surface area (Å²) < 4.78 is 22.2. The highest BCUT2D eigenvalue weighted by atomic mass is 79.9. The minimum Gasteiger partial charge on any atom is -0.416 e. The summed E-state index contributed by atoms with van der Waals surface area (Å²) in [5.74, 6) is -0.228. The summed E-state index contributed by atoms with van der Waals surface area (Å²) in [5, 5.41) is 0.284. The van der Waals surface area contributed by atoms with Gasteiger partial charge in [-0.05, 0) is 48.5 Å². The highest BCUT2D eigenvalue weighted by Crippen LogP contribution is 2.27. The molecular formula is C19H27BrFN2OSi. The maximum Gasteiger partial charge on any atom is 0.213 e. The second kappa shape index (κ2) is 9.10. The molecule has 3 nitrogen and oxygen atoms in total. The standard InChI is InChI=1S/C19H27BrFN2OSi/c1-19(2,3)25(4)24-10-6-5-7-17-12-22-14-23(17)13-15-8-9-16(21)11-18(15)20/h8-9,11-12,14H,5-7,10,13H2,1-4H3. The molecule has 0 bridgehead atoms. The molecule has 0 aliphatic rings. The lowest BCUT2D eigenvalue weighted by Gasteiger charge is -2.24. The number of halogens is 2. The third kappa shape index (κ3) is 6.35. The number of hydrogen-bond acceptors (Lipinski definition) is 2. The van der Waals surface area contributed by atoms with Crippen molar-refractivity contribution in [2.75, 3.05) is 6.61 Å². The van der Waals surface area contributed by atoms with Crippen LogP contribution in [0.4, 0.5) is 4.39 Å². The van der Waals surface area contributed by atoms with E-state index in [-0.39, 0.29) is 10.9 Å². The second-order valence-electron chi connectivity index (χ2n) is 7.36. The van der Waals surface area contributed by atoms with Crippen molar-refractivity contribution in [2.24, 2.45) is 0 Å². The molecule has 0 atom stereocenters. The number of hydrogen-bond donors (Lipinski definition) is 0. The van der Waals surface area contributed by atoms with E-state index in [1.54, 1.807) is 0 Å². The van der Waals surface area contributed by atoms with Gasteiger partial charge in [0.1, 0.15) is 5.82 Å². The third-order valence-corrected chi connectivity index (χ3v) is 7.84. The Bertz CT molecular complexity index is 684. The predicted molar refractivity (Wildman–Crippen MR) is 106 cm³/mol. The smallest absolute Gasteiger partial charge is 0.213 e. The van der Waals surface area contributed by atoms with Crippen LogP contribution in [-0.2, 0) is 17.4 Å². The van der Waals surface area contributed by atoms with Gasteiger partial charge in [0.25, 0.3) is 0 Å². The normalized spacial score (nSPS) is 12.1. The molecule has 0 spiro atoms. The second-order valence-corrected chi connectivity index (χ2v) is 11.1. The molecule has 2 rings (SSSR count). The first-order chi connectivity index (χ1) is 11.8. The first-order valence-corrected chi connectivity index (χ1v) is 11.4. The van der Waals surface area contributed by atoms with E-state index < -0.39 is 9.04 Å². The fraction of sp³-hybridized carbons (Fsp3) is 0.526. The molecular weight excluding hydrogens is 399 g/mol. The Balaban J connectivity index is 1.82. The van der Waals surface area contributed by atoms with Crippen LogP contribution >= 0.6 is 15.9 Å². The maximum absolute atomic E-state index is 13.2. The molecule has 0 amide bonds. The van der Waals surface area contributed by atoms with E-state index >= 15 is 0 Å². The van der Waals surface area contributed by atoms with Crippen molar-refractivity contribution in [3.05, 3.63) is 52.3 Å². The van der Waals surface area contributed by atoms with E-state index in [0.717, 1.165) is 35.9 Å². The van der Waals surface area contributed by atoms with Crippen molar-refractivity contribution in [2.45, 2.75) is 58.2 Å². The minimum absolute atomic E-state index is 0.228. The van der Waals surface area contributed by atoms with Gasteiger partial charge in [-0.25, -0.2) is 9.37 Å². The van der Waals surface area contributed by atoms with E-state index in [1.165, 1.54) is 17.8 Å². The predicted octanol–water partition coefficient (Wildman–Crippen LogP) is 5.59. The van der Waals surface area contributed by atoms with Gasteiger partial charge < -0.3 is 8.99 Å². The lowest BCUT2D eigenvalue weighted by atomic mass is 10.2. The Morgan fingerprint density at radius 1 is 1.28 bits per heavy atom. The monoisotopic (exact) mass is 425 g/mol. The summed E-state index contributed by atoms with van der Waals surface area (Å²) in [7, 11) is -0.749. The van der Waals surface area contributed by atoms with Crippen LogP contribution in [-0.4, -0.2) is 25.2 Å². The molecule has 1 heterocycles. The van der Waals surface area contributed by atoms with Crippen molar-refractivity contribution in [1.82, 2.24) is 9.55 Å². The molecule has 137 valence electrons. The molecule has 1 radical (unpaired) electrons. The fourth-order valence-electron chi connectivity index (χ4n) is 2.38. The molecule has 0 aliphatic carbocycles. The number of unbranched alkanes of at least 4 members (excludes halogenated alkanes) is 1. The number of rotatable bonds is 8. The molecule has 0 saturated carbocycles. The molecule has 0 unspecified atom stereocenters. The van der Waals surface area contributed by atoms with Gasteiger partial charge in [-0.2, -0.15) is 0 Å². The number of aryl methyl sites for hydroxylation is 1. The Morgan fingerprint density at radius 3 is 2.72 bits per heavy atom. The van der Waals surface area contributed by atoms with Gasteiger partial charge in [0.2, 0.25) is 9.04 Å². The molecule has 1 aromatic heterocycles. The van der Waals surface area contributed by atoms with Crippen LogP contribution in [0.5, 0.6) is 0 Å². The van der Waals surface area contributed by atoms with E-state index in [4.69, 9.17) is 4.43 Å². The largest absolute Gasteiger partial charge is 0.416 e. The van der Waals surface area contributed by atoms with Crippen LogP contribution in [0.3, 0.4) is 0 Å². The maximum atomic E-state index is 13.2. The fourth-order valence-corrected chi connectivity index (χ4v) is 3.74. The Labute approximate surface area is 160 Å². The summed E-state index contributed by atoms with van der Waals surface area (Å²) in [4.78, 5) is 4.27. The summed E-state index contributed by atoms with van der Waals surface area (Å²) >= 11 is 3.43. The molecule has 25 heavy (non-hydrogen) atoms. The molecule has 0 fully saturated rings. The Kier molecular flexibility index (Phi) is 7.40. The van der Waals surface area contributed by atoms with Crippen molar-refractivity contribution in [3.63, 3.8) is 0 Å². The third-order valence-electron chi connectivity index (χ3n) is 4.36. The summed E-state index contributed by atoms with van der Waals surface area (Å²) in [6.45, 7) is 10.5. The zero-order chi connectivity index (χ0) is 18.4. The van der Waals surface area contributed by atoms with Crippen LogP contribution in [0.1, 0.15) is 44.9 Å². The highest BCUT2D eigenvalue weighted by molar-refractivity contribution is 9.10. The number of nitrogens with zero attached hydrogens (tertiary/aromatic N) is 2. The lowest BCUT2D eigenvalue weighted by molar-refractivity contribution is 0.295. The van der Waals surface area contributed by atoms with E-state index in [9.17, 15) is 4.39 Å². The first kappa shape index (κ1) is 20.3. The van der Waals surface area contributed by atoms with Gasteiger partial charge in [-0.1, -0.05) is 42.8 Å². The SMILES string of the molecule is C[Si](OCCCCc1cncn1Cc1ccc(F)cc1Br)C(C)(C)C. The molecule has 0 aliphatic heterocycles. The van der Waals surface area contributed by atoms with E-state index in [2.05, 4.69) is 52.8 Å². The van der Waals surface area contributed by atoms with Gasteiger partial charge in [0.05, 0.1) is 6.33 Å². The average Bonchev–Trinajstić information content (AvgIpc) is 2.96. The molecule has 0 N–H and O–H groups in total. The summed E-state index contributed by atoms with van der Waals surface area (Å²) in [6.07, 6.45) is 6.87. The Hall–Kier alpha value is -0.983. The summed E-state index contributed by atoms with van der Waals surface area (Å²) in [5.41, 5.74) is 2.25. The van der Waals surface area contributed by atoms with Crippen LogP contribution < -0.4 is 0 Å². The minimum atomic E-state index is -0.749. The zero-order valence-corrected chi connectivity index (χ0v) is 18.1. The van der Waals surface area contributed by atoms with Gasteiger partial charge in [-0.15, -0.1) is 0 Å². The molecule has 6 heteroatoms. The van der Waals surface area contributed by atoms with Crippen LogP contribution in [0.2, 0.25) is 11.6 Å². The number of benzene rings is 1. The van der Waals surface area contributed by atoms with Crippen molar-refractivity contribution < 1.29 is 8.82 Å². The molecule has 0 saturated heterocycles. The van der Waals surface area contributed by atoms with Crippen molar-refractivity contribution in [1.29, 1.82) is 0 Å². The first-order valence-electron chi connectivity index (χ1n) is 8.67. The lowest BCUT2D eigenvalue weighted by Crippen LogP contribution is -2.26. The van der Waals surface area contributed by atoms with E-state index in [1.807, 2.05) is 18.6 Å². The highest BCUT2D eigenvalue weighted by Gasteiger charge is 2.23. The van der Waals surface area contributed by atoms with Gasteiger partial charge in [0, 0.05) is 29.5 Å². The van der Waals surface area contributed by atoms with Crippen molar-refractivity contribution in [3.8, 4) is 0 Å². The van der Waals surface area contributed by atoms with Gasteiger partial charge in [0.15, 0.2) is 0 Å². The topological polar surface area (TPSA) is 27.1 Å². The average molecular weight is 426 g/mol. The quantitative estimate of drug-likeness (QED) is 0.406. The van der Waals surface area contributed by atoms with Crippen LogP contribution in [0.15, 0.2) is 35.2 Å². The number of aromatic nitrogens is 2. The Morgan fingerprint density at radius 2 is 2.04 bits per heavy atom. The summed E-state index contributed by atoms with van der Waals surface area (Å²) in [6, 6.07) is 4.81. The van der Waals surface area contributed by atoms with Crippen molar-refractivity contribution >= 4 is 25.0 Å². The van der Waals surface area contributed by atoms with Gasteiger partial charge >= 0.3 is 0 Å². The van der Waals surface area contributed by atoms with Crippen LogP contribution in [0, 0.1) is 5.82 Å². The zero-order valence-electron chi connectivity index (χ0n) is 15.5. The van der Waals surface area contributed by atoms with Crippen LogP contribution in [0.25, 0.3) is 0 Å². The van der Waals surface area contributed by atoms with E-state index in [0.29, 0.717) is 6.54 Å². The van der Waals surface area contributed by atoms with Gasteiger partial charge in [-0.3, -0.25) is 0 Å². The number of imidazole rings is 1. The molecule has 1 aromatic carbocycles.